The Balaban J connectivity index is 1.47. The second kappa shape index (κ2) is 6.36. The first-order valence-electron chi connectivity index (χ1n) is 9.62. The number of nitrogens with zero attached hydrogens (tertiary/aromatic N) is 4. The molecule has 1 saturated carbocycles. The number of rotatable bonds is 4. The molecule has 0 bridgehead atoms. The van der Waals surface area contributed by atoms with Crippen LogP contribution < -0.4 is 0 Å². The molecule has 8 nitrogen and oxygen atoms in total. The molecule has 3 fully saturated rings. The van der Waals surface area contributed by atoms with E-state index in [2.05, 4.69) is 15.2 Å². The number of hydrogen-bond acceptors (Lipinski definition) is 6. The Morgan fingerprint density at radius 3 is 2.82 bits per heavy atom. The lowest BCUT2D eigenvalue weighted by molar-refractivity contribution is -0.131. The Labute approximate surface area is 168 Å². The first-order valence-corrected chi connectivity index (χ1v) is 11.9. The highest BCUT2D eigenvalue weighted by molar-refractivity contribution is 7.91. The Kier molecular flexibility index (Phi) is 4.15. The molecule has 1 aliphatic carbocycles. The number of aromatic nitrogens is 3. The average molecular weight is 422 g/mol. The van der Waals surface area contributed by atoms with Gasteiger partial charge in [-0.05, 0) is 37.6 Å². The third kappa shape index (κ3) is 2.81. The molecule has 3 aliphatic rings. The molecule has 150 valence electrons. The molecule has 1 N–H and O–H groups in total. The summed E-state index contributed by atoms with van der Waals surface area (Å²) in [5.74, 6) is 1.80. The van der Waals surface area contributed by atoms with Crippen molar-refractivity contribution < 1.29 is 13.2 Å². The summed E-state index contributed by atoms with van der Waals surface area (Å²) >= 11 is 1.24. The molecule has 2 atom stereocenters. The molecule has 1 amide bonds. The van der Waals surface area contributed by atoms with Gasteiger partial charge >= 0.3 is 0 Å². The van der Waals surface area contributed by atoms with Crippen LogP contribution in [0.2, 0.25) is 0 Å². The van der Waals surface area contributed by atoms with Crippen LogP contribution in [0.5, 0.6) is 0 Å². The van der Waals surface area contributed by atoms with Gasteiger partial charge < -0.3 is 4.90 Å². The molecule has 2 aromatic rings. The smallest absolute Gasteiger partial charge is 0.252 e. The van der Waals surface area contributed by atoms with Gasteiger partial charge in [-0.1, -0.05) is 6.07 Å². The highest BCUT2D eigenvalue weighted by atomic mass is 32.2. The Morgan fingerprint density at radius 1 is 1.36 bits per heavy atom. The standard InChI is InChI=1S/C18H23N5O3S2/c1-12-19-17(21-20-12)18-6-7-23(28(25,26)15-3-2-8-27-15)10-14(18)9-22(11-18)16(24)13-4-5-13/h2-3,8,13-14H,4-7,9-11H2,1H3,(H,19,20,21)/t14-,18+/m0/s1. The summed E-state index contributed by atoms with van der Waals surface area (Å²) in [7, 11) is -3.50. The monoisotopic (exact) mass is 421 g/mol. The Hall–Kier alpha value is -1.78. The van der Waals surface area contributed by atoms with Gasteiger partial charge in [0.2, 0.25) is 5.91 Å². The predicted octanol–water partition coefficient (Wildman–Crippen LogP) is 1.38. The van der Waals surface area contributed by atoms with Crippen molar-refractivity contribution in [3.05, 3.63) is 29.2 Å². The maximum absolute atomic E-state index is 13.0. The number of amides is 1. The van der Waals surface area contributed by atoms with E-state index in [1.54, 1.807) is 21.8 Å². The Bertz CT molecular complexity index is 998. The van der Waals surface area contributed by atoms with Crippen LogP contribution in [0, 0.1) is 18.8 Å². The molecule has 0 radical (unpaired) electrons. The number of nitrogens with one attached hydrogen (secondary N) is 1. The molecule has 2 saturated heterocycles. The van der Waals surface area contributed by atoms with E-state index in [1.807, 2.05) is 11.8 Å². The van der Waals surface area contributed by atoms with E-state index in [0.717, 1.165) is 18.7 Å². The van der Waals surface area contributed by atoms with Crippen molar-refractivity contribution in [1.82, 2.24) is 24.4 Å². The van der Waals surface area contributed by atoms with Crippen LogP contribution >= 0.6 is 11.3 Å². The lowest BCUT2D eigenvalue weighted by Gasteiger charge is -2.40. The van der Waals surface area contributed by atoms with E-state index in [9.17, 15) is 13.2 Å². The highest BCUT2D eigenvalue weighted by Crippen LogP contribution is 2.46. The number of hydrogen-bond donors (Lipinski definition) is 1. The van der Waals surface area contributed by atoms with Crippen molar-refractivity contribution in [3.63, 3.8) is 0 Å². The molecule has 2 aliphatic heterocycles. The minimum absolute atomic E-state index is 0.00566. The van der Waals surface area contributed by atoms with Crippen LogP contribution in [0.25, 0.3) is 0 Å². The summed E-state index contributed by atoms with van der Waals surface area (Å²) in [6, 6.07) is 3.41. The maximum atomic E-state index is 13.0. The van der Waals surface area contributed by atoms with Crippen molar-refractivity contribution >= 4 is 27.3 Å². The van der Waals surface area contributed by atoms with Gasteiger partial charge in [0.25, 0.3) is 10.0 Å². The number of piperidine rings is 1. The van der Waals surface area contributed by atoms with Crippen LogP contribution in [0.15, 0.2) is 21.7 Å². The van der Waals surface area contributed by atoms with Crippen LogP contribution in [0.3, 0.4) is 0 Å². The second-order valence-electron chi connectivity index (χ2n) is 8.14. The van der Waals surface area contributed by atoms with Gasteiger partial charge in [0, 0.05) is 38.0 Å². The van der Waals surface area contributed by atoms with Crippen molar-refractivity contribution in [2.24, 2.45) is 11.8 Å². The van der Waals surface area contributed by atoms with E-state index in [-0.39, 0.29) is 23.2 Å². The van der Waals surface area contributed by atoms with Crippen LogP contribution in [0.4, 0.5) is 0 Å². The quantitative estimate of drug-likeness (QED) is 0.804. The fourth-order valence-electron chi connectivity index (χ4n) is 4.59. The first-order chi connectivity index (χ1) is 13.4. The molecular formula is C18H23N5O3S2. The summed E-state index contributed by atoms with van der Waals surface area (Å²) in [6.45, 7) is 3.81. The zero-order chi connectivity index (χ0) is 19.5. The molecule has 5 rings (SSSR count). The lowest BCUT2D eigenvalue weighted by atomic mass is 9.72. The number of aryl methyl sites for hydroxylation is 1. The van der Waals surface area contributed by atoms with E-state index in [4.69, 9.17) is 0 Å². The van der Waals surface area contributed by atoms with Crippen LogP contribution in [0.1, 0.15) is 30.9 Å². The fourth-order valence-corrected chi connectivity index (χ4v) is 7.23. The molecule has 28 heavy (non-hydrogen) atoms. The average Bonchev–Trinajstić information content (AvgIpc) is 3.09. The predicted molar refractivity (Wildman–Crippen MR) is 103 cm³/mol. The minimum atomic E-state index is -3.50. The summed E-state index contributed by atoms with van der Waals surface area (Å²) in [4.78, 5) is 19.3. The third-order valence-corrected chi connectivity index (χ3v) is 9.53. The molecule has 0 aromatic carbocycles. The number of sulfonamides is 1. The molecular weight excluding hydrogens is 398 g/mol. The highest BCUT2D eigenvalue weighted by Gasteiger charge is 2.56. The molecule has 0 spiro atoms. The lowest BCUT2D eigenvalue weighted by Crippen LogP contribution is -2.51. The van der Waals surface area contributed by atoms with E-state index >= 15 is 0 Å². The number of carbonyl (C=O) groups is 1. The summed E-state index contributed by atoms with van der Waals surface area (Å²) in [6.07, 6.45) is 2.55. The van der Waals surface area contributed by atoms with E-state index in [0.29, 0.717) is 42.6 Å². The topological polar surface area (TPSA) is 99.3 Å². The number of aromatic amines is 1. The summed E-state index contributed by atoms with van der Waals surface area (Å²) in [5, 5.41) is 9.13. The van der Waals surface area contributed by atoms with Gasteiger partial charge in [-0.25, -0.2) is 13.4 Å². The van der Waals surface area contributed by atoms with E-state index < -0.39 is 10.0 Å². The van der Waals surface area contributed by atoms with Gasteiger partial charge in [-0.15, -0.1) is 11.3 Å². The van der Waals surface area contributed by atoms with Crippen molar-refractivity contribution in [2.75, 3.05) is 26.2 Å². The maximum Gasteiger partial charge on any atom is 0.252 e. The van der Waals surface area contributed by atoms with Gasteiger partial charge in [-0.3, -0.25) is 9.89 Å². The van der Waals surface area contributed by atoms with Gasteiger partial charge in [0.05, 0.1) is 5.41 Å². The zero-order valence-electron chi connectivity index (χ0n) is 15.7. The molecule has 10 heteroatoms. The molecule has 4 heterocycles. The normalized spacial score (nSPS) is 28.5. The van der Waals surface area contributed by atoms with Gasteiger partial charge in [0.15, 0.2) is 5.82 Å². The summed E-state index contributed by atoms with van der Waals surface area (Å²) in [5.41, 5.74) is -0.378. The van der Waals surface area contributed by atoms with E-state index in [1.165, 1.54) is 11.3 Å². The largest absolute Gasteiger partial charge is 0.341 e. The van der Waals surface area contributed by atoms with Crippen molar-refractivity contribution in [1.29, 1.82) is 0 Å². The zero-order valence-corrected chi connectivity index (χ0v) is 17.3. The molecule has 0 unspecified atom stereocenters. The molecule has 2 aromatic heterocycles. The van der Waals surface area contributed by atoms with Gasteiger partial charge in [0.1, 0.15) is 10.0 Å². The van der Waals surface area contributed by atoms with Crippen molar-refractivity contribution in [3.8, 4) is 0 Å². The first kappa shape index (κ1) is 18.3. The fraction of sp³-hybridized carbons (Fsp3) is 0.611. The third-order valence-electron chi connectivity index (χ3n) is 6.30. The summed E-state index contributed by atoms with van der Waals surface area (Å²) < 4.78 is 28.0. The van der Waals surface area contributed by atoms with Crippen LogP contribution in [-0.4, -0.2) is 64.9 Å². The minimum Gasteiger partial charge on any atom is -0.341 e. The number of thiophene rings is 1. The number of H-pyrrole nitrogens is 1. The number of likely N-dealkylation sites (tertiary alicyclic amines) is 1. The SMILES string of the molecule is Cc1nc([C@@]23CCN(S(=O)(=O)c4cccs4)C[C@@H]2CN(C(=O)C2CC2)C3)n[nH]1. The number of carbonyl (C=O) groups excluding carboxylic acids is 1. The Morgan fingerprint density at radius 2 is 2.18 bits per heavy atom. The van der Waals surface area contributed by atoms with Crippen LogP contribution in [-0.2, 0) is 20.2 Å². The van der Waals surface area contributed by atoms with Gasteiger partial charge in [-0.2, -0.15) is 9.40 Å². The number of fused-ring (bicyclic) bond motifs is 1. The van der Waals surface area contributed by atoms with Crippen molar-refractivity contribution in [2.45, 2.75) is 35.8 Å². The second-order valence-corrected chi connectivity index (χ2v) is 11.2.